The van der Waals surface area contributed by atoms with Crippen LogP contribution in [-0.4, -0.2) is 35.8 Å². The first-order chi connectivity index (χ1) is 9.76. The number of oxime groups is 1. The first kappa shape index (κ1) is 16.8. The third-order valence-corrected chi connectivity index (χ3v) is 2.62. The van der Waals surface area contributed by atoms with E-state index in [4.69, 9.17) is 9.47 Å². The van der Waals surface area contributed by atoms with E-state index < -0.39 is 17.7 Å². The molecule has 0 radical (unpaired) electrons. The number of methoxy groups -OCH3 is 1. The Morgan fingerprint density at radius 2 is 2.05 bits per heavy atom. The highest BCUT2D eigenvalue weighted by atomic mass is 16.6. The molecule has 21 heavy (non-hydrogen) atoms. The highest BCUT2D eigenvalue weighted by molar-refractivity contribution is 6.05. The molecule has 1 rings (SSSR count). The number of nitrogens with zero attached hydrogens (tertiary/aromatic N) is 1. The summed E-state index contributed by atoms with van der Waals surface area (Å²) < 4.78 is 10.3. The Hall–Kier alpha value is -2.24. The Morgan fingerprint density at radius 3 is 2.57 bits per heavy atom. The van der Waals surface area contributed by atoms with Crippen molar-refractivity contribution < 1.29 is 19.5 Å². The van der Waals surface area contributed by atoms with Crippen molar-refractivity contribution in [2.24, 2.45) is 5.16 Å². The largest absolute Gasteiger partial charge is 0.497 e. The second-order valence-corrected chi connectivity index (χ2v) is 5.59. The van der Waals surface area contributed by atoms with E-state index in [-0.39, 0.29) is 0 Å². The van der Waals surface area contributed by atoms with Crippen LogP contribution in [0.5, 0.6) is 5.75 Å². The van der Waals surface area contributed by atoms with Gasteiger partial charge in [0.2, 0.25) is 0 Å². The minimum absolute atomic E-state index is 0.319. The van der Waals surface area contributed by atoms with Gasteiger partial charge in [0.15, 0.2) is 0 Å². The van der Waals surface area contributed by atoms with Gasteiger partial charge in [-0.3, -0.25) is 0 Å². The average Bonchev–Trinajstić information content (AvgIpc) is 2.37. The molecule has 0 aliphatic carbocycles. The van der Waals surface area contributed by atoms with Gasteiger partial charge in [0.05, 0.1) is 13.2 Å². The van der Waals surface area contributed by atoms with Crippen LogP contribution < -0.4 is 10.1 Å². The Labute approximate surface area is 124 Å². The number of benzene rings is 1. The molecular weight excluding hydrogens is 272 g/mol. The van der Waals surface area contributed by atoms with Gasteiger partial charge in [-0.2, -0.15) is 0 Å². The van der Waals surface area contributed by atoms with E-state index in [9.17, 15) is 10.0 Å². The monoisotopic (exact) mass is 294 g/mol. The summed E-state index contributed by atoms with van der Waals surface area (Å²) >= 11 is 0. The van der Waals surface area contributed by atoms with E-state index in [1.165, 1.54) is 0 Å². The standard InChI is InChI=1S/C15H22N2O4/c1-10(16-14(18)21-15(2,3)4)13(17-19)11-7-6-8-12(9-11)20-5/h6-10,19H,1-5H3,(H,16,18)/b17-13+/t10-/m1/s1. The first-order valence-electron chi connectivity index (χ1n) is 6.62. The number of hydrogen-bond donors (Lipinski definition) is 2. The van der Waals surface area contributed by atoms with Crippen molar-refractivity contribution in [1.29, 1.82) is 0 Å². The lowest BCUT2D eigenvalue weighted by Gasteiger charge is -2.22. The van der Waals surface area contributed by atoms with Crippen molar-refractivity contribution in [3.63, 3.8) is 0 Å². The van der Waals surface area contributed by atoms with Gasteiger partial charge in [-0.05, 0) is 39.8 Å². The van der Waals surface area contributed by atoms with Crippen LogP contribution in [0.1, 0.15) is 33.3 Å². The van der Waals surface area contributed by atoms with Gasteiger partial charge in [-0.15, -0.1) is 0 Å². The van der Waals surface area contributed by atoms with Crippen LogP contribution in [0.2, 0.25) is 0 Å². The molecule has 0 aliphatic heterocycles. The van der Waals surface area contributed by atoms with E-state index in [2.05, 4.69) is 10.5 Å². The van der Waals surface area contributed by atoms with Crippen molar-refractivity contribution >= 4 is 11.8 Å². The average molecular weight is 294 g/mol. The molecule has 0 fully saturated rings. The molecule has 116 valence electrons. The number of carbonyl (C=O) groups is 1. The molecule has 0 saturated heterocycles. The number of carbonyl (C=O) groups excluding carboxylic acids is 1. The van der Waals surface area contributed by atoms with Crippen LogP contribution in [0, 0.1) is 0 Å². The molecule has 6 nitrogen and oxygen atoms in total. The fraction of sp³-hybridized carbons (Fsp3) is 0.467. The molecule has 0 saturated carbocycles. The zero-order valence-electron chi connectivity index (χ0n) is 13.0. The molecule has 1 aromatic carbocycles. The quantitative estimate of drug-likeness (QED) is 0.508. The minimum Gasteiger partial charge on any atom is -0.497 e. The maximum absolute atomic E-state index is 11.7. The van der Waals surface area contributed by atoms with Gasteiger partial charge in [0.1, 0.15) is 17.1 Å². The minimum atomic E-state index is -0.587. The maximum atomic E-state index is 11.7. The third kappa shape index (κ3) is 5.33. The lowest BCUT2D eigenvalue weighted by atomic mass is 10.0. The normalized spacial score (nSPS) is 13.5. The molecule has 0 aliphatic rings. The van der Waals surface area contributed by atoms with Gasteiger partial charge in [-0.25, -0.2) is 4.79 Å². The molecule has 0 heterocycles. The topological polar surface area (TPSA) is 80.2 Å². The summed E-state index contributed by atoms with van der Waals surface area (Å²) in [7, 11) is 1.55. The van der Waals surface area contributed by atoms with Crippen molar-refractivity contribution in [3.05, 3.63) is 29.8 Å². The second-order valence-electron chi connectivity index (χ2n) is 5.59. The smallest absolute Gasteiger partial charge is 0.408 e. The summed E-state index contributed by atoms with van der Waals surface area (Å²) in [5.74, 6) is 0.637. The number of rotatable bonds is 4. The van der Waals surface area contributed by atoms with Crippen LogP contribution in [0.15, 0.2) is 29.4 Å². The third-order valence-electron chi connectivity index (χ3n) is 2.62. The van der Waals surface area contributed by atoms with E-state index >= 15 is 0 Å². The SMILES string of the molecule is COc1cccc(/C(=N/O)[C@@H](C)NC(=O)OC(C)(C)C)c1. The maximum Gasteiger partial charge on any atom is 0.408 e. The van der Waals surface area contributed by atoms with Crippen molar-refractivity contribution in [1.82, 2.24) is 5.32 Å². The lowest BCUT2D eigenvalue weighted by Crippen LogP contribution is -2.42. The number of hydrogen-bond acceptors (Lipinski definition) is 5. The Bertz CT molecular complexity index is 521. The van der Waals surface area contributed by atoms with Gasteiger partial charge in [-0.1, -0.05) is 17.3 Å². The number of nitrogens with one attached hydrogen (secondary N) is 1. The Morgan fingerprint density at radius 1 is 1.38 bits per heavy atom. The van der Waals surface area contributed by atoms with E-state index in [1.807, 2.05) is 0 Å². The molecular formula is C15H22N2O4. The molecule has 1 atom stereocenters. The zero-order valence-corrected chi connectivity index (χ0v) is 13.0. The number of ether oxygens (including phenoxy) is 2. The summed E-state index contributed by atoms with van der Waals surface area (Å²) in [6.45, 7) is 7.04. The molecule has 0 aromatic heterocycles. The summed E-state index contributed by atoms with van der Waals surface area (Å²) in [4.78, 5) is 11.7. The van der Waals surface area contributed by atoms with Crippen LogP contribution in [-0.2, 0) is 4.74 Å². The fourth-order valence-corrected chi connectivity index (χ4v) is 1.73. The van der Waals surface area contributed by atoms with Crippen molar-refractivity contribution in [3.8, 4) is 5.75 Å². The molecule has 1 aromatic rings. The highest BCUT2D eigenvalue weighted by Gasteiger charge is 2.21. The van der Waals surface area contributed by atoms with Gasteiger partial charge >= 0.3 is 6.09 Å². The highest BCUT2D eigenvalue weighted by Crippen LogP contribution is 2.15. The first-order valence-corrected chi connectivity index (χ1v) is 6.62. The zero-order chi connectivity index (χ0) is 16.0. The van der Waals surface area contributed by atoms with Crippen LogP contribution in [0.4, 0.5) is 4.79 Å². The molecule has 0 spiro atoms. The molecule has 6 heteroatoms. The summed E-state index contributed by atoms with van der Waals surface area (Å²) in [6.07, 6.45) is -0.570. The Kier molecular flexibility index (Phi) is 5.58. The van der Waals surface area contributed by atoms with Gasteiger partial charge < -0.3 is 20.0 Å². The fourth-order valence-electron chi connectivity index (χ4n) is 1.73. The van der Waals surface area contributed by atoms with Crippen LogP contribution >= 0.6 is 0 Å². The predicted molar refractivity (Wildman–Crippen MR) is 80.1 cm³/mol. The summed E-state index contributed by atoms with van der Waals surface area (Å²) in [5, 5.41) is 15.1. The molecule has 0 bridgehead atoms. The molecule has 0 unspecified atom stereocenters. The van der Waals surface area contributed by atoms with Crippen molar-refractivity contribution in [2.75, 3.05) is 7.11 Å². The second kappa shape index (κ2) is 6.97. The summed E-state index contributed by atoms with van der Waals surface area (Å²) in [5.41, 5.74) is 0.385. The van der Waals surface area contributed by atoms with Gasteiger partial charge in [0, 0.05) is 5.56 Å². The number of alkyl carbamates (subject to hydrolysis) is 1. The van der Waals surface area contributed by atoms with Crippen LogP contribution in [0.25, 0.3) is 0 Å². The van der Waals surface area contributed by atoms with Gasteiger partial charge in [0.25, 0.3) is 0 Å². The predicted octanol–water partition coefficient (Wildman–Crippen LogP) is 2.79. The number of amides is 1. The van der Waals surface area contributed by atoms with Crippen molar-refractivity contribution in [2.45, 2.75) is 39.3 Å². The summed E-state index contributed by atoms with van der Waals surface area (Å²) in [6, 6.07) is 6.54. The van der Waals surface area contributed by atoms with E-state index in [0.29, 0.717) is 17.0 Å². The molecule has 1 amide bonds. The van der Waals surface area contributed by atoms with E-state index in [0.717, 1.165) is 0 Å². The lowest BCUT2D eigenvalue weighted by molar-refractivity contribution is 0.0521. The van der Waals surface area contributed by atoms with E-state index in [1.54, 1.807) is 59.1 Å². The Balaban J connectivity index is 2.83. The van der Waals surface area contributed by atoms with Crippen LogP contribution in [0.3, 0.4) is 0 Å². The molecule has 2 N–H and O–H groups in total.